The van der Waals surface area contributed by atoms with Crippen LogP contribution in [0.5, 0.6) is 0 Å². The van der Waals surface area contributed by atoms with Crippen molar-refractivity contribution in [2.24, 2.45) is 5.92 Å². The van der Waals surface area contributed by atoms with Crippen LogP contribution in [-0.2, 0) is 16.0 Å². The van der Waals surface area contributed by atoms with Gasteiger partial charge in [0.2, 0.25) is 5.91 Å². The van der Waals surface area contributed by atoms with Crippen LogP contribution in [0.1, 0.15) is 67.3 Å². The van der Waals surface area contributed by atoms with Crippen LogP contribution in [0.3, 0.4) is 0 Å². The number of carbonyl (C=O) groups excluding carboxylic acids is 2. The molecule has 0 aromatic heterocycles. The summed E-state index contributed by atoms with van der Waals surface area (Å²) in [5.41, 5.74) is 2.08. The lowest BCUT2D eigenvalue weighted by molar-refractivity contribution is -0.122. The fraction of sp³-hybridized carbons (Fsp3) is 0.579. The molecule has 0 fully saturated rings. The molecule has 0 unspecified atom stereocenters. The lowest BCUT2D eigenvalue weighted by atomic mass is 10.0. The molecule has 1 aromatic rings. The predicted molar refractivity (Wildman–Crippen MR) is 96.2 cm³/mol. The smallest absolute Gasteiger partial charge is 0.221 e. The van der Waals surface area contributed by atoms with Gasteiger partial charge >= 0.3 is 0 Å². The van der Waals surface area contributed by atoms with Gasteiger partial charge in [0.15, 0.2) is 0 Å². The van der Waals surface area contributed by atoms with Crippen molar-refractivity contribution in [2.45, 2.75) is 66.7 Å². The van der Waals surface area contributed by atoms with Gasteiger partial charge in [-0.25, -0.2) is 0 Å². The maximum Gasteiger partial charge on any atom is 0.221 e. The van der Waals surface area contributed by atoms with Crippen molar-refractivity contribution in [1.29, 1.82) is 0 Å². The number of rotatable bonds is 8. The number of ketones is 1. The Bertz CT molecular complexity index is 458. The molecule has 0 saturated carbocycles. The zero-order valence-corrected chi connectivity index (χ0v) is 14.7. The molecule has 1 rings (SSSR count). The first-order valence-corrected chi connectivity index (χ1v) is 8.38. The molecule has 0 radical (unpaired) electrons. The number of Topliss-reactive ketones (excluding diaryl/α,β-unsaturated/α-hetero) is 1. The summed E-state index contributed by atoms with van der Waals surface area (Å²) in [6.07, 6.45) is 4.81. The highest BCUT2D eigenvalue weighted by atomic mass is 16.1. The molecule has 126 valence electrons. The third kappa shape index (κ3) is 9.32. The predicted octanol–water partition coefficient (Wildman–Crippen LogP) is 5.25. The van der Waals surface area contributed by atoms with Crippen LogP contribution >= 0.6 is 0 Å². The van der Waals surface area contributed by atoms with Crippen LogP contribution in [0.15, 0.2) is 24.3 Å². The highest BCUT2D eigenvalue weighted by Crippen LogP contribution is 2.14. The lowest BCUT2D eigenvalue weighted by Gasteiger charge is -2.06. The number of carbonyl (C=O) groups is 2. The maximum atomic E-state index is 11.5. The molecule has 0 aliphatic rings. The molecule has 1 amide bonds. The number of anilines is 1. The number of benzene rings is 1. The number of hydrogen-bond acceptors (Lipinski definition) is 2. The molecular weight excluding hydrogens is 274 g/mol. The Kier molecular flexibility index (Phi) is 11.1. The Morgan fingerprint density at radius 1 is 1.14 bits per heavy atom. The molecule has 0 atom stereocenters. The van der Waals surface area contributed by atoms with Gasteiger partial charge in [-0.05, 0) is 37.0 Å². The summed E-state index contributed by atoms with van der Waals surface area (Å²) in [4.78, 5) is 22.5. The second kappa shape index (κ2) is 12.0. The van der Waals surface area contributed by atoms with Gasteiger partial charge in [0.25, 0.3) is 0 Å². The molecule has 0 bridgehead atoms. The second-order valence-corrected chi connectivity index (χ2v) is 5.56. The van der Waals surface area contributed by atoms with Crippen molar-refractivity contribution >= 4 is 17.4 Å². The van der Waals surface area contributed by atoms with E-state index in [1.807, 2.05) is 45.9 Å². The first kappa shape index (κ1) is 20.4. The normalized spacial score (nSPS) is 9.91. The molecule has 1 N–H and O–H groups in total. The Hall–Kier alpha value is -1.64. The second-order valence-electron chi connectivity index (χ2n) is 5.56. The van der Waals surface area contributed by atoms with Crippen LogP contribution < -0.4 is 5.32 Å². The number of amides is 1. The summed E-state index contributed by atoms with van der Waals surface area (Å²) in [7, 11) is 0. The molecule has 3 heteroatoms. The Balaban J connectivity index is 0. The molecule has 0 spiro atoms. The van der Waals surface area contributed by atoms with E-state index in [-0.39, 0.29) is 13.3 Å². The average molecular weight is 307 g/mol. The zero-order valence-electron chi connectivity index (χ0n) is 14.7. The van der Waals surface area contributed by atoms with Gasteiger partial charge in [0.05, 0.1) is 0 Å². The molecule has 0 heterocycles. The SMILES string of the molecule is CC.CC(=O)Nc1cccc(CCCCCC(=O)C(C)C)c1.[HH]. The van der Waals surface area contributed by atoms with Crippen molar-refractivity contribution in [3.05, 3.63) is 29.8 Å². The minimum atomic E-state index is -0.0469. The van der Waals surface area contributed by atoms with Crippen molar-refractivity contribution in [3.63, 3.8) is 0 Å². The van der Waals surface area contributed by atoms with E-state index in [1.54, 1.807) is 0 Å². The maximum absolute atomic E-state index is 11.5. The van der Waals surface area contributed by atoms with Gasteiger partial charge < -0.3 is 5.32 Å². The van der Waals surface area contributed by atoms with E-state index in [9.17, 15) is 9.59 Å². The van der Waals surface area contributed by atoms with E-state index < -0.39 is 0 Å². The van der Waals surface area contributed by atoms with Gasteiger partial charge in [-0.3, -0.25) is 9.59 Å². The fourth-order valence-corrected chi connectivity index (χ4v) is 2.10. The monoisotopic (exact) mass is 307 g/mol. The van der Waals surface area contributed by atoms with Crippen molar-refractivity contribution in [3.8, 4) is 0 Å². The summed E-state index contributed by atoms with van der Waals surface area (Å²) in [6, 6.07) is 7.94. The largest absolute Gasteiger partial charge is 0.326 e. The van der Waals surface area contributed by atoms with E-state index in [1.165, 1.54) is 12.5 Å². The topological polar surface area (TPSA) is 46.2 Å². The van der Waals surface area contributed by atoms with Gasteiger partial charge in [0.1, 0.15) is 5.78 Å². The first-order valence-electron chi connectivity index (χ1n) is 8.38. The Morgan fingerprint density at radius 2 is 1.82 bits per heavy atom. The third-order valence-corrected chi connectivity index (χ3v) is 3.28. The van der Waals surface area contributed by atoms with Crippen LogP contribution in [0.4, 0.5) is 5.69 Å². The molecule has 0 aliphatic heterocycles. The van der Waals surface area contributed by atoms with Gasteiger partial charge in [-0.15, -0.1) is 0 Å². The summed E-state index contributed by atoms with van der Waals surface area (Å²) in [5, 5.41) is 2.79. The number of aryl methyl sites for hydroxylation is 1. The molecule has 0 saturated heterocycles. The summed E-state index contributed by atoms with van der Waals surface area (Å²) < 4.78 is 0. The van der Waals surface area contributed by atoms with E-state index in [0.29, 0.717) is 12.2 Å². The zero-order chi connectivity index (χ0) is 17.0. The highest BCUT2D eigenvalue weighted by molar-refractivity contribution is 5.88. The standard InChI is InChI=1S/C17H25NO2.C2H6.H2/c1-13(2)17(20)11-6-4-5-8-15-9-7-10-16(12-15)18-14(3)19;1-2;/h7,9-10,12-13H,4-6,8,11H2,1-3H3,(H,18,19);1-2H3;1H. The molecule has 3 nitrogen and oxygen atoms in total. The number of unbranched alkanes of at least 4 members (excludes halogenated alkanes) is 2. The Labute approximate surface area is 137 Å². The molecule has 0 aliphatic carbocycles. The highest BCUT2D eigenvalue weighted by Gasteiger charge is 2.06. The van der Waals surface area contributed by atoms with Gasteiger partial charge in [0, 0.05) is 26.4 Å². The van der Waals surface area contributed by atoms with Crippen molar-refractivity contribution < 1.29 is 11.0 Å². The van der Waals surface area contributed by atoms with E-state index in [4.69, 9.17) is 0 Å². The summed E-state index contributed by atoms with van der Waals surface area (Å²) in [5.74, 6) is 0.469. The molecular formula is C19H33NO2. The number of nitrogens with one attached hydrogen (secondary N) is 1. The van der Waals surface area contributed by atoms with Crippen LogP contribution in [0.25, 0.3) is 0 Å². The van der Waals surface area contributed by atoms with Gasteiger partial charge in [-0.2, -0.15) is 0 Å². The van der Waals surface area contributed by atoms with E-state index >= 15 is 0 Å². The molecule has 22 heavy (non-hydrogen) atoms. The van der Waals surface area contributed by atoms with Crippen LogP contribution in [0.2, 0.25) is 0 Å². The average Bonchev–Trinajstić information content (AvgIpc) is 2.48. The first-order chi connectivity index (χ1) is 10.5. The fourth-order valence-electron chi connectivity index (χ4n) is 2.10. The Morgan fingerprint density at radius 3 is 2.41 bits per heavy atom. The summed E-state index contributed by atoms with van der Waals surface area (Å²) >= 11 is 0. The summed E-state index contributed by atoms with van der Waals surface area (Å²) in [6.45, 7) is 9.42. The minimum Gasteiger partial charge on any atom is -0.326 e. The number of hydrogen-bond donors (Lipinski definition) is 1. The third-order valence-electron chi connectivity index (χ3n) is 3.28. The van der Waals surface area contributed by atoms with Gasteiger partial charge in [-0.1, -0.05) is 46.2 Å². The quantitative estimate of drug-likeness (QED) is 0.667. The van der Waals surface area contributed by atoms with E-state index in [2.05, 4.69) is 11.4 Å². The molecule has 1 aromatic carbocycles. The van der Waals surface area contributed by atoms with Crippen LogP contribution in [0, 0.1) is 5.92 Å². The lowest BCUT2D eigenvalue weighted by Crippen LogP contribution is -2.06. The minimum absolute atomic E-state index is 0. The van der Waals surface area contributed by atoms with E-state index in [0.717, 1.165) is 31.4 Å². The van der Waals surface area contributed by atoms with Crippen molar-refractivity contribution in [2.75, 3.05) is 5.32 Å². The van der Waals surface area contributed by atoms with Crippen LogP contribution in [-0.4, -0.2) is 11.7 Å². The van der Waals surface area contributed by atoms with Crippen molar-refractivity contribution in [1.82, 2.24) is 0 Å².